The minimum atomic E-state index is -4.69. The van der Waals surface area contributed by atoms with Gasteiger partial charge in [-0.25, -0.2) is 14.4 Å². The standard InChI is InChI=1S/C27H38F3N5O4/c1-7-34-20(16-33-13-14-35(17(3)15-33)25(38)32-26(4,5)6)21(23(36)39-8-2)22(31-24(34)37)18-11-9-10-12-19(18)27(28,29)30/h9-12,17,22H,7-8,13-16H2,1-6H3,(H,31,37)(H,32,38)/t17-,22-/m0/s1. The third-order valence-corrected chi connectivity index (χ3v) is 6.65. The molecule has 2 N–H and O–H groups in total. The summed E-state index contributed by atoms with van der Waals surface area (Å²) in [6.07, 6.45) is -4.69. The van der Waals surface area contributed by atoms with Crippen molar-refractivity contribution in [1.29, 1.82) is 0 Å². The molecule has 0 spiro atoms. The zero-order valence-corrected chi connectivity index (χ0v) is 23.3. The molecule has 2 heterocycles. The van der Waals surface area contributed by atoms with Gasteiger partial charge in [-0.1, -0.05) is 18.2 Å². The molecule has 0 aliphatic carbocycles. The maximum Gasteiger partial charge on any atom is 0.416 e. The van der Waals surface area contributed by atoms with Crippen molar-refractivity contribution in [3.8, 4) is 0 Å². The Labute approximate surface area is 227 Å². The second-order valence-corrected chi connectivity index (χ2v) is 10.8. The van der Waals surface area contributed by atoms with Crippen LogP contribution in [-0.2, 0) is 15.7 Å². The number of halogens is 3. The molecule has 1 fully saturated rings. The van der Waals surface area contributed by atoms with Crippen LogP contribution < -0.4 is 10.6 Å². The number of ether oxygens (including phenoxy) is 1. The predicted molar refractivity (Wildman–Crippen MR) is 140 cm³/mol. The van der Waals surface area contributed by atoms with Crippen molar-refractivity contribution < 1.29 is 32.3 Å². The average molecular weight is 554 g/mol. The lowest BCUT2D eigenvalue weighted by molar-refractivity contribution is -0.141. The van der Waals surface area contributed by atoms with Gasteiger partial charge in [0, 0.05) is 50.0 Å². The molecule has 0 radical (unpaired) electrons. The fourth-order valence-electron chi connectivity index (χ4n) is 4.98. The highest BCUT2D eigenvalue weighted by molar-refractivity contribution is 5.95. The lowest BCUT2D eigenvalue weighted by Crippen LogP contribution is -2.59. The van der Waals surface area contributed by atoms with E-state index in [9.17, 15) is 27.6 Å². The molecule has 3 rings (SSSR count). The van der Waals surface area contributed by atoms with Gasteiger partial charge in [-0.15, -0.1) is 0 Å². The van der Waals surface area contributed by atoms with Crippen molar-refractivity contribution in [3.63, 3.8) is 0 Å². The third kappa shape index (κ3) is 7.03. The van der Waals surface area contributed by atoms with E-state index >= 15 is 0 Å². The van der Waals surface area contributed by atoms with E-state index in [0.717, 1.165) is 6.07 Å². The summed E-state index contributed by atoms with van der Waals surface area (Å²) in [5, 5.41) is 5.56. The van der Waals surface area contributed by atoms with Crippen molar-refractivity contribution in [3.05, 3.63) is 46.7 Å². The lowest BCUT2D eigenvalue weighted by Gasteiger charge is -2.43. The van der Waals surface area contributed by atoms with Gasteiger partial charge in [-0.2, -0.15) is 13.2 Å². The number of esters is 1. The van der Waals surface area contributed by atoms with E-state index in [1.807, 2.05) is 32.6 Å². The molecule has 9 nitrogen and oxygen atoms in total. The smallest absolute Gasteiger partial charge is 0.416 e. The minimum Gasteiger partial charge on any atom is -0.463 e. The third-order valence-electron chi connectivity index (χ3n) is 6.65. The van der Waals surface area contributed by atoms with Gasteiger partial charge in [0.05, 0.1) is 23.8 Å². The summed E-state index contributed by atoms with van der Waals surface area (Å²) in [7, 11) is 0. The number of rotatable bonds is 6. The van der Waals surface area contributed by atoms with Crippen LogP contribution in [0.25, 0.3) is 0 Å². The number of benzene rings is 1. The minimum absolute atomic E-state index is 0.0158. The molecule has 2 aliphatic rings. The van der Waals surface area contributed by atoms with E-state index in [4.69, 9.17) is 4.74 Å². The first-order chi connectivity index (χ1) is 18.2. The second kappa shape index (κ2) is 11.8. The van der Waals surface area contributed by atoms with Gasteiger partial charge in [-0.05, 0) is 53.2 Å². The Morgan fingerprint density at radius 2 is 1.79 bits per heavy atom. The topological polar surface area (TPSA) is 94.2 Å². The number of carbonyl (C=O) groups is 3. The molecule has 216 valence electrons. The zero-order chi connectivity index (χ0) is 29.1. The first-order valence-corrected chi connectivity index (χ1v) is 13.1. The number of piperazine rings is 1. The number of hydrogen-bond donors (Lipinski definition) is 2. The molecule has 1 aromatic carbocycles. The van der Waals surface area contributed by atoms with E-state index in [1.54, 1.807) is 18.7 Å². The Balaban J connectivity index is 2.01. The summed E-state index contributed by atoms with van der Waals surface area (Å²) in [6, 6.07) is 2.59. The molecule has 39 heavy (non-hydrogen) atoms. The van der Waals surface area contributed by atoms with Crippen LogP contribution in [0, 0.1) is 0 Å². The van der Waals surface area contributed by atoms with Crippen molar-refractivity contribution in [2.45, 2.75) is 65.3 Å². The van der Waals surface area contributed by atoms with Crippen LogP contribution in [-0.4, -0.2) is 83.6 Å². The lowest BCUT2D eigenvalue weighted by atomic mass is 9.90. The number of alkyl halides is 3. The first kappa shape index (κ1) is 30.3. The monoisotopic (exact) mass is 553 g/mol. The number of likely N-dealkylation sites (N-methyl/N-ethyl adjacent to an activating group) is 1. The van der Waals surface area contributed by atoms with Crippen molar-refractivity contribution in [2.75, 3.05) is 39.3 Å². The highest BCUT2D eigenvalue weighted by atomic mass is 19.4. The van der Waals surface area contributed by atoms with Crippen LogP contribution in [0.5, 0.6) is 0 Å². The van der Waals surface area contributed by atoms with Crippen LogP contribution >= 0.6 is 0 Å². The van der Waals surface area contributed by atoms with Crippen molar-refractivity contribution >= 4 is 18.0 Å². The molecule has 0 saturated carbocycles. The van der Waals surface area contributed by atoms with Gasteiger partial charge in [0.2, 0.25) is 0 Å². The molecular weight excluding hydrogens is 515 g/mol. The summed E-state index contributed by atoms with van der Waals surface area (Å²) >= 11 is 0. The largest absolute Gasteiger partial charge is 0.463 e. The Kier molecular flexibility index (Phi) is 9.20. The first-order valence-electron chi connectivity index (χ1n) is 13.1. The molecule has 0 bridgehead atoms. The maximum absolute atomic E-state index is 13.9. The van der Waals surface area contributed by atoms with Crippen LogP contribution in [0.15, 0.2) is 35.5 Å². The number of nitrogens with one attached hydrogen (secondary N) is 2. The Morgan fingerprint density at radius 1 is 1.13 bits per heavy atom. The van der Waals surface area contributed by atoms with Crippen LogP contribution in [0.3, 0.4) is 0 Å². The Morgan fingerprint density at radius 3 is 2.36 bits per heavy atom. The zero-order valence-electron chi connectivity index (χ0n) is 23.3. The van der Waals surface area contributed by atoms with Crippen LogP contribution in [0.2, 0.25) is 0 Å². The number of carbonyl (C=O) groups excluding carboxylic acids is 3. The van der Waals surface area contributed by atoms with Crippen LogP contribution in [0.1, 0.15) is 58.7 Å². The molecule has 2 atom stereocenters. The highest BCUT2D eigenvalue weighted by Gasteiger charge is 2.43. The molecule has 2 aliphatic heterocycles. The van der Waals surface area contributed by atoms with E-state index in [-0.39, 0.29) is 42.9 Å². The summed E-state index contributed by atoms with van der Waals surface area (Å²) in [4.78, 5) is 44.3. The van der Waals surface area contributed by atoms with Gasteiger partial charge in [0.1, 0.15) is 0 Å². The van der Waals surface area contributed by atoms with Crippen molar-refractivity contribution in [2.24, 2.45) is 0 Å². The molecule has 12 heteroatoms. The number of hydrogen-bond acceptors (Lipinski definition) is 5. The Bertz CT molecular complexity index is 1120. The number of amides is 4. The Hall–Kier alpha value is -3.28. The fraction of sp³-hybridized carbons (Fsp3) is 0.593. The van der Waals surface area contributed by atoms with Gasteiger partial charge >= 0.3 is 24.2 Å². The fourth-order valence-corrected chi connectivity index (χ4v) is 4.98. The highest BCUT2D eigenvalue weighted by Crippen LogP contribution is 2.39. The number of urea groups is 2. The second-order valence-electron chi connectivity index (χ2n) is 10.8. The normalized spacial score (nSPS) is 21.1. The molecule has 1 aromatic rings. The van der Waals surface area contributed by atoms with Gasteiger partial charge in [0.15, 0.2) is 0 Å². The molecule has 0 unspecified atom stereocenters. The van der Waals surface area contributed by atoms with Crippen LogP contribution in [0.4, 0.5) is 22.8 Å². The van der Waals surface area contributed by atoms with Gasteiger partial charge in [0.25, 0.3) is 0 Å². The maximum atomic E-state index is 13.9. The molecular formula is C27H38F3N5O4. The van der Waals surface area contributed by atoms with E-state index < -0.39 is 35.3 Å². The SMILES string of the molecule is CCOC(=O)C1=C(CN2CCN(C(=O)NC(C)(C)C)[C@@H](C)C2)N(CC)C(=O)N[C@H]1c1ccccc1C(F)(F)F. The number of nitrogens with zero attached hydrogens (tertiary/aromatic N) is 3. The average Bonchev–Trinajstić information content (AvgIpc) is 2.82. The van der Waals surface area contributed by atoms with E-state index in [2.05, 4.69) is 10.6 Å². The summed E-state index contributed by atoms with van der Waals surface area (Å²) in [5.41, 5.74) is -1.30. The van der Waals surface area contributed by atoms with Gasteiger partial charge in [-0.3, -0.25) is 9.80 Å². The van der Waals surface area contributed by atoms with Crippen molar-refractivity contribution in [1.82, 2.24) is 25.3 Å². The molecule has 0 aromatic heterocycles. The molecule has 1 saturated heterocycles. The summed E-state index contributed by atoms with van der Waals surface area (Å²) in [5.74, 6) is -0.788. The predicted octanol–water partition coefficient (Wildman–Crippen LogP) is 4.12. The van der Waals surface area contributed by atoms with Gasteiger partial charge < -0.3 is 20.3 Å². The van der Waals surface area contributed by atoms with E-state index in [0.29, 0.717) is 25.3 Å². The van der Waals surface area contributed by atoms with E-state index in [1.165, 1.54) is 23.1 Å². The molecule has 4 amide bonds. The summed E-state index contributed by atoms with van der Waals surface area (Å²) < 4.78 is 47.1. The summed E-state index contributed by atoms with van der Waals surface area (Å²) in [6.45, 7) is 12.6. The quantitative estimate of drug-likeness (QED) is 0.517.